The molecule has 0 spiro atoms. The topological polar surface area (TPSA) is 64.4 Å². The van der Waals surface area contributed by atoms with Crippen LogP contribution in [0, 0.1) is 17.5 Å². The fourth-order valence-corrected chi connectivity index (χ4v) is 8.88. The number of hydrogen-bond acceptors (Lipinski definition) is 5. The van der Waals surface area contributed by atoms with Crippen molar-refractivity contribution >= 4 is 33.4 Å². The largest absolute Gasteiger partial charge is 0.494 e. The quantitative estimate of drug-likeness (QED) is 0.127. The lowest BCUT2D eigenvalue weighted by atomic mass is 9.81. The highest BCUT2D eigenvalue weighted by Gasteiger charge is 2.35. The van der Waals surface area contributed by atoms with E-state index < -0.39 is 32.9 Å². The van der Waals surface area contributed by atoms with E-state index in [0.717, 1.165) is 16.1 Å². The minimum Gasteiger partial charge on any atom is -0.494 e. The Labute approximate surface area is 284 Å². The highest BCUT2D eigenvalue weighted by atomic mass is 35.5. The number of aromatic nitrogens is 2. The van der Waals surface area contributed by atoms with Crippen molar-refractivity contribution in [2.75, 3.05) is 41.3 Å². The molecule has 0 aliphatic carbocycles. The molecule has 0 radical (unpaired) electrons. The molecule has 0 saturated carbocycles. The number of imidazole rings is 1. The molecule has 0 unspecified atom stereocenters. The normalized spacial score (nSPS) is 15.3. The summed E-state index contributed by atoms with van der Waals surface area (Å²) in [6.45, 7) is 4.61. The summed E-state index contributed by atoms with van der Waals surface area (Å²) in [6, 6.07) is 13.2. The van der Waals surface area contributed by atoms with E-state index in [0.29, 0.717) is 48.5 Å². The van der Waals surface area contributed by atoms with Gasteiger partial charge >= 0.3 is 0 Å². The Morgan fingerprint density at radius 2 is 1.66 bits per heavy atom. The van der Waals surface area contributed by atoms with Crippen LogP contribution in [-0.2, 0) is 21.2 Å². The van der Waals surface area contributed by atoms with Crippen LogP contribution in [0.5, 0.6) is 5.75 Å². The third-order valence-corrected chi connectivity index (χ3v) is 12.1. The summed E-state index contributed by atoms with van der Waals surface area (Å²) >= 11 is 7.75. The van der Waals surface area contributed by atoms with Crippen LogP contribution in [0.25, 0.3) is 5.69 Å². The Bertz CT molecular complexity index is 1850. The zero-order valence-electron chi connectivity index (χ0n) is 27.2. The highest BCUT2D eigenvalue weighted by Crippen LogP contribution is 2.39. The monoisotopic (exact) mass is 707 g/mol. The maximum absolute atomic E-state index is 15.6. The van der Waals surface area contributed by atoms with Gasteiger partial charge in [0.15, 0.2) is 16.7 Å². The van der Waals surface area contributed by atoms with Crippen molar-refractivity contribution < 1.29 is 30.8 Å². The van der Waals surface area contributed by atoms with E-state index in [2.05, 4.69) is 26.1 Å². The summed E-state index contributed by atoms with van der Waals surface area (Å²) in [4.78, 5) is 4.46. The second kappa shape index (κ2) is 13.5. The van der Waals surface area contributed by atoms with Crippen molar-refractivity contribution in [3.63, 3.8) is 0 Å². The first-order chi connectivity index (χ1) is 22.0. The van der Waals surface area contributed by atoms with Crippen molar-refractivity contribution in [3.8, 4) is 11.4 Å². The van der Waals surface area contributed by atoms with Gasteiger partial charge in [-0.25, -0.2) is 26.6 Å². The van der Waals surface area contributed by atoms with Crippen molar-refractivity contribution in [2.45, 2.75) is 54.0 Å². The Kier molecular flexibility index (Phi) is 10.1. The minimum atomic E-state index is -3.94. The molecule has 0 bridgehead atoms. The molecule has 47 heavy (non-hydrogen) atoms. The molecule has 0 amide bonds. The molecule has 5 rings (SSSR count). The molecule has 0 atom stereocenters. The van der Waals surface area contributed by atoms with Gasteiger partial charge in [-0.3, -0.25) is 4.57 Å². The first kappa shape index (κ1) is 35.3. The van der Waals surface area contributed by atoms with E-state index >= 15 is 4.39 Å². The van der Waals surface area contributed by atoms with Crippen molar-refractivity contribution in [1.82, 2.24) is 13.9 Å². The minimum absolute atomic E-state index is 0.00355. The van der Waals surface area contributed by atoms with Gasteiger partial charge in [0.1, 0.15) is 11.6 Å². The molecule has 252 valence electrons. The van der Waals surface area contributed by atoms with E-state index in [1.54, 1.807) is 30.5 Å². The van der Waals surface area contributed by atoms with Crippen LogP contribution >= 0.6 is 23.4 Å². The number of hydrogen-bond donors (Lipinski definition) is 0. The smallest absolute Gasteiger partial charge is 0.243 e. The fourth-order valence-electron chi connectivity index (χ4n) is 5.92. The lowest BCUT2D eigenvalue weighted by molar-refractivity contribution is -0.897. The predicted molar refractivity (Wildman–Crippen MR) is 179 cm³/mol. The molecular formula is C34H39ClF3N4O3S2+. The number of halogens is 4. The zero-order chi connectivity index (χ0) is 34.3. The molecule has 0 N–H and O–H groups in total. The summed E-state index contributed by atoms with van der Waals surface area (Å²) < 4.78 is 79.9. The van der Waals surface area contributed by atoms with E-state index in [-0.39, 0.29) is 27.0 Å². The fraction of sp³-hybridized carbons (Fsp3) is 0.382. The standard InChI is InChI=1S/C34H39ClF3N4O3S2/c1-34(2,22-7-12-29(37)31(17-22)45-6)32-20-39-33(41(32)24-10-8-23(36)9-11-24)46-21-27-28(35)18-26(19-30(27)38)47(43,44)40-15-13-25(14-16-40)42(3,4)5/h7-12,17-20,25H,13-16,21H2,1-6H3/q+1. The van der Waals surface area contributed by atoms with Gasteiger partial charge in [0.2, 0.25) is 10.0 Å². The lowest BCUT2D eigenvalue weighted by Gasteiger charge is -2.39. The van der Waals surface area contributed by atoms with Gasteiger partial charge in [0.25, 0.3) is 0 Å². The van der Waals surface area contributed by atoms with E-state index in [4.69, 9.17) is 16.3 Å². The number of rotatable bonds is 10. The molecule has 13 heteroatoms. The SMILES string of the molecule is COc1cc(C(C)(C)c2cnc(SCc3c(F)cc(S(=O)(=O)N4CCC([N+](C)(C)C)CC4)cc3Cl)n2-c2ccc(F)cc2)ccc1F. The second-order valence-corrected chi connectivity index (χ2v) is 16.4. The third-order valence-electron chi connectivity index (χ3n) is 8.94. The molecule has 1 aliphatic heterocycles. The average Bonchev–Trinajstić information content (AvgIpc) is 3.45. The third kappa shape index (κ3) is 7.22. The molecule has 2 heterocycles. The molecule has 1 aliphatic rings. The molecule has 1 saturated heterocycles. The van der Waals surface area contributed by atoms with Gasteiger partial charge in [-0.15, -0.1) is 0 Å². The number of methoxy groups -OCH3 is 1. The number of sulfonamides is 1. The van der Waals surface area contributed by atoms with Gasteiger partial charge in [-0.1, -0.05) is 43.3 Å². The van der Waals surface area contributed by atoms with Gasteiger partial charge in [0.05, 0.1) is 51.1 Å². The van der Waals surface area contributed by atoms with Crippen molar-refractivity contribution in [1.29, 1.82) is 0 Å². The summed E-state index contributed by atoms with van der Waals surface area (Å²) in [6.07, 6.45) is 3.10. The molecule has 1 fully saturated rings. The lowest BCUT2D eigenvalue weighted by Crippen LogP contribution is -2.52. The summed E-state index contributed by atoms with van der Waals surface area (Å²) in [5, 5.41) is 0.470. The van der Waals surface area contributed by atoms with Crippen LogP contribution in [0.3, 0.4) is 0 Å². The molecule has 7 nitrogen and oxygen atoms in total. The summed E-state index contributed by atoms with van der Waals surface area (Å²) in [7, 11) is 3.74. The van der Waals surface area contributed by atoms with Gasteiger partial charge in [-0.2, -0.15) is 4.31 Å². The maximum atomic E-state index is 15.6. The number of ether oxygens (including phenoxy) is 1. The summed E-state index contributed by atoms with van der Waals surface area (Å²) in [5.74, 6) is -1.49. The van der Waals surface area contributed by atoms with E-state index in [9.17, 15) is 17.2 Å². The molecule has 4 aromatic rings. The summed E-state index contributed by atoms with van der Waals surface area (Å²) in [5.41, 5.74) is 1.49. The Morgan fingerprint density at radius 1 is 1.00 bits per heavy atom. The van der Waals surface area contributed by atoms with E-state index in [1.165, 1.54) is 47.4 Å². The second-order valence-electron chi connectivity index (χ2n) is 13.1. The van der Waals surface area contributed by atoms with Gasteiger partial charge in [0, 0.05) is 53.4 Å². The van der Waals surface area contributed by atoms with Crippen molar-refractivity contribution in [3.05, 3.63) is 100 Å². The average molecular weight is 708 g/mol. The van der Waals surface area contributed by atoms with Crippen molar-refractivity contribution in [2.24, 2.45) is 0 Å². The van der Waals surface area contributed by atoms with Gasteiger partial charge < -0.3 is 9.22 Å². The number of quaternary nitrogens is 1. The molecular weight excluding hydrogens is 669 g/mol. The first-order valence-electron chi connectivity index (χ1n) is 15.1. The maximum Gasteiger partial charge on any atom is 0.243 e. The van der Waals surface area contributed by atoms with Gasteiger partial charge in [-0.05, 0) is 54.1 Å². The van der Waals surface area contributed by atoms with Crippen LogP contribution in [0.15, 0.2) is 70.8 Å². The van der Waals surface area contributed by atoms with Crippen LogP contribution in [-0.4, -0.2) is 74.1 Å². The first-order valence-corrected chi connectivity index (χ1v) is 17.9. The highest BCUT2D eigenvalue weighted by molar-refractivity contribution is 7.98. The molecule has 3 aromatic carbocycles. The Hall–Kier alpha value is -3.03. The zero-order valence-corrected chi connectivity index (χ0v) is 29.6. The number of piperidine rings is 1. The van der Waals surface area contributed by atoms with E-state index in [1.807, 2.05) is 18.4 Å². The number of benzene rings is 3. The predicted octanol–water partition coefficient (Wildman–Crippen LogP) is 7.43. The Balaban J connectivity index is 1.44. The number of nitrogens with zero attached hydrogens (tertiary/aromatic N) is 4. The van der Waals surface area contributed by atoms with Crippen LogP contribution < -0.4 is 4.74 Å². The van der Waals surface area contributed by atoms with Crippen LogP contribution in [0.4, 0.5) is 13.2 Å². The Morgan fingerprint density at radius 3 is 2.26 bits per heavy atom. The van der Waals surface area contributed by atoms with Crippen LogP contribution in [0.1, 0.15) is 43.5 Å². The molecule has 1 aromatic heterocycles. The number of thioether (sulfide) groups is 1. The van der Waals surface area contributed by atoms with Crippen LogP contribution in [0.2, 0.25) is 5.02 Å².